The molecule has 0 radical (unpaired) electrons. The number of amides is 1. The van der Waals surface area contributed by atoms with Gasteiger partial charge in [-0.2, -0.15) is 0 Å². The van der Waals surface area contributed by atoms with Gasteiger partial charge in [0.05, 0.1) is 31.5 Å². The number of hydrogen-bond acceptors (Lipinski definition) is 7. The number of piperidine rings is 1. The van der Waals surface area contributed by atoms with Crippen LogP contribution in [0.3, 0.4) is 0 Å². The van der Waals surface area contributed by atoms with Crippen LogP contribution in [-0.2, 0) is 20.8 Å². The highest BCUT2D eigenvalue weighted by Crippen LogP contribution is 2.33. The van der Waals surface area contributed by atoms with Crippen LogP contribution >= 0.6 is 0 Å². The van der Waals surface area contributed by atoms with Gasteiger partial charge in [-0.05, 0) is 51.3 Å². The van der Waals surface area contributed by atoms with Crippen molar-refractivity contribution in [3.63, 3.8) is 0 Å². The Morgan fingerprint density at radius 3 is 2.84 bits per heavy atom. The average Bonchev–Trinajstić information content (AvgIpc) is 2.72. The van der Waals surface area contributed by atoms with Crippen LogP contribution in [0.1, 0.15) is 39.2 Å². The Hall–Kier alpha value is -2.03. The van der Waals surface area contributed by atoms with E-state index in [1.807, 2.05) is 32.9 Å². The molecule has 1 aromatic rings. The molecule has 1 amide bonds. The number of methoxy groups -OCH3 is 1. The van der Waals surface area contributed by atoms with Gasteiger partial charge in [0.25, 0.3) is 0 Å². The fraction of sp³-hybridized carbons (Fsp3) is 0.696. The first-order valence-electron chi connectivity index (χ1n) is 11.0. The van der Waals surface area contributed by atoms with Crippen molar-refractivity contribution in [3.05, 3.63) is 23.8 Å². The predicted molar refractivity (Wildman–Crippen MR) is 118 cm³/mol. The molecule has 2 aliphatic rings. The van der Waals surface area contributed by atoms with Crippen LogP contribution in [0, 0.1) is 0 Å². The van der Waals surface area contributed by atoms with Crippen LogP contribution in [0.5, 0.6) is 5.75 Å². The van der Waals surface area contributed by atoms with Gasteiger partial charge in [0.2, 0.25) is 0 Å². The normalized spacial score (nSPS) is 21.5. The number of likely N-dealkylation sites (tertiary alicyclic amines) is 1. The molecule has 31 heavy (non-hydrogen) atoms. The van der Waals surface area contributed by atoms with Gasteiger partial charge in [-0.25, -0.2) is 4.79 Å². The third-order valence-corrected chi connectivity index (χ3v) is 5.40. The van der Waals surface area contributed by atoms with E-state index in [9.17, 15) is 9.90 Å². The largest absolute Gasteiger partial charge is 0.490 e. The lowest BCUT2D eigenvalue weighted by molar-refractivity contribution is -0.0872. The van der Waals surface area contributed by atoms with Crippen LogP contribution in [0.4, 0.5) is 10.5 Å². The fourth-order valence-corrected chi connectivity index (χ4v) is 3.80. The number of rotatable bonds is 7. The van der Waals surface area contributed by atoms with E-state index < -0.39 is 17.8 Å². The number of nitrogens with zero attached hydrogens (tertiary/aromatic N) is 2. The second kappa shape index (κ2) is 10.5. The van der Waals surface area contributed by atoms with E-state index >= 15 is 0 Å². The van der Waals surface area contributed by atoms with Gasteiger partial charge in [0.1, 0.15) is 24.1 Å². The Kier molecular flexibility index (Phi) is 8.02. The third-order valence-electron chi connectivity index (χ3n) is 5.40. The number of aliphatic hydroxyl groups is 1. The number of ether oxygens (including phenoxy) is 4. The van der Waals surface area contributed by atoms with E-state index in [0.717, 1.165) is 43.1 Å². The maximum absolute atomic E-state index is 12.4. The molecule has 2 unspecified atom stereocenters. The number of benzene rings is 1. The molecule has 8 heteroatoms. The number of fused-ring (bicyclic) bond motifs is 1. The quantitative estimate of drug-likeness (QED) is 0.658. The second-order valence-corrected chi connectivity index (χ2v) is 9.12. The zero-order valence-electron chi connectivity index (χ0n) is 19.1. The van der Waals surface area contributed by atoms with Gasteiger partial charge in [-0.15, -0.1) is 0 Å². The van der Waals surface area contributed by atoms with Gasteiger partial charge >= 0.3 is 6.09 Å². The maximum atomic E-state index is 12.4. The molecule has 3 rings (SSSR count). The molecule has 1 saturated heterocycles. The van der Waals surface area contributed by atoms with Crippen LogP contribution < -0.4 is 9.64 Å². The van der Waals surface area contributed by atoms with Crippen molar-refractivity contribution >= 4 is 11.8 Å². The SMILES string of the molecule is COCCCN1CCOc2ccc(COC3CN(C(=O)OC(C)(C)C)CCC3O)cc21. The molecule has 0 saturated carbocycles. The van der Waals surface area contributed by atoms with Crippen molar-refractivity contribution < 1.29 is 28.8 Å². The van der Waals surface area contributed by atoms with Crippen molar-refractivity contribution in [1.82, 2.24) is 4.90 Å². The minimum absolute atomic E-state index is 0.313. The van der Waals surface area contributed by atoms with E-state index in [1.54, 1.807) is 12.0 Å². The molecule has 2 aliphatic heterocycles. The van der Waals surface area contributed by atoms with Crippen molar-refractivity contribution in [2.75, 3.05) is 51.4 Å². The molecular weight excluding hydrogens is 400 g/mol. The molecule has 0 aromatic heterocycles. The summed E-state index contributed by atoms with van der Waals surface area (Å²) in [5.41, 5.74) is 1.51. The zero-order valence-corrected chi connectivity index (χ0v) is 19.1. The number of aliphatic hydroxyl groups excluding tert-OH is 1. The first-order valence-corrected chi connectivity index (χ1v) is 11.0. The first kappa shape index (κ1) is 23.6. The molecular formula is C23H36N2O6. The lowest BCUT2D eigenvalue weighted by Gasteiger charge is -2.36. The Morgan fingerprint density at radius 2 is 2.10 bits per heavy atom. The molecule has 2 heterocycles. The highest BCUT2D eigenvalue weighted by Gasteiger charge is 2.33. The molecule has 174 valence electrons. The lowest BCUT2D eigenvalue weighted by Crippen LogP contribution is -2.51. The third kappa shape index (κ3) is 6.72. The van der Waals surface area contributed by atoms with Crippen LogP contribution in [0.25, 0.3) is 0 Å². The zero-order chi connectivity index (χ0) is 22.4. The van der Waals surface area contributed by atoms with E-state index in [2.05, 4.69) is 11.0 Å². The molecule has 0 bridgehead atoms. The van der Waals surface area contributed by atoms with Gasteiger partial charge < -0.3 is 33.9 Å². The molecule has 0 aliphatic carbocycles. The van der Waals surface area contributed by atoms with E-state index in [4.69, 9.17) is 18.9 Å². The summed E-state index contributed by atoms with van der Waals surface area (Å²) in [5, 5.41) is 10.4. The van der Waals surface area contributed by atoms with Crippen LogP contribution in [0.2, 0.25) is 0 Å². The van der Waals surface area contributed by atoms with Crippen LogP contribution in [0.15, 0.2) is 18.2 Å². The summed E-state index contributed by atoms with van der Waals surface area (Å²) in [6.07, 6.45) is -0.0112. The number of anilines is 1. The number of hydrogen-bond donors (Lipinski definition) is 1. The maximum Gasteiger partial charge on any atom is 0.410 e. The summed E-state index contributed by atoms with van der Waals surface area (Å²) >= 11 is 0. The average molecular weight is 437 g/mol. The summed E-state index contributed by atoms with van der Waals surface area (Å²) in [4.78, 5) is 16.3. The predicted octanol–water partition coefficient (Wildman–Crippen LogP) is 2.81. The Morgan fingerprint density at radius 1 is 1.29 bits per heavy atom. The van der Waals surface area contributed by atoms with Crippen molar-refractivity contribution in [1.29, 1.82) is 0 Å². The Bertz CT molecular complexity index is 735. The first-order chi connectivity index (χ1) is 14.8. The minimum atomic E-state index is -0.606. The van der Waals surface area contributed by atoms with E-state index in [-0.39, 0.29) is 6.09 Å². The van der Waals surface area contributed by atoms with E-state index in [1.165, 1.54) is 0 Å². The van der Waals surface area contributed by atoms with Crippen molar-refractivity contribution in [2.24, 2.45) is 0 Å². The molecule has 0 spiro atoms. The molecule has 1 aromatic carbocycles. The summed E-state index contributed by atoms with van der Waals surface area (Å²) in [6.45, 7) is 9.79. The highest BCUT2D eigenvalue weighted by atomic mass is 16.6. The molecule has 1 fully saturated rings. The molecule has 1 N–H and O–H groups in total. The topological polar surface area (TPSA) is 80.7 Å². The Labute approximate surface area is 185 Å². The smallest absolute Gasteiger partial charge is 0.410 e. The van der Waals surface area contributed by atoms with Crippen molar-refractivity contribution in [3.8, 4) is 5.75 Å². The van der Waals surface area contributed by atoms with Crippen molar-refractivity contribution in [2.45, 2.75) is 58.0 Å². The monoisotopic (exact) mass is 436 g/mol. The summed E-state index contributed by atoms with van der Waals surface area (Å²) in [7, 11) is 1.71. The van der Waals surface area contributed by atoms with E-state index in [0.29, 0.717) is 32.7 Å². The Balaban J connectivity index is 1.59. The molecule has 2 atom stereocenters. The number of carbonyl (C=O) groups is 1. The number of carbonyl (C=O) groups excluding carboxylic acids is 1. The van der Waals surface area contributed by atoms with Gasteiger partial charge in [-0.1, -0.05) is 6.07 Å². The fourth-order valence-electron chi connectivity index (χ4n) is 3.80. The standard InChI is InChI=1S/C23H36N2O6/c1-23(2,3)31-22(27)25-10-8-19(26)21(15-25)30-16-17-6-7-20-18(14-17)24(11-13-29-20)9-5-12-28-4/h6-7,14,19,21,26H,5,8-13,15-16H2,1-4H3. The minimum Gasteiger partial charge on any atom is -0.490 e. The second-order valence-electron chi connectivity index (χ2n) is 9.12. The highest BCUT2D eigenvalue weighted by molar-refractivity contribution is 5.68. The van der Waals surface area contributed by atoms with Crippen LogP contribution in [-0.4, -0.2) is 80.4 Å². The lowest BCUT2D eigenvalue weighted by atomic mass is 10.1. The summed E-state index contributed by atoms with van der Waals surface area (Å²) in [6, 6.07) is 6.04. The van der Waals surface area contributed by atoms with Gasteiger partial charge in [-0.3, -0.25) is 0 Å². The summed E-state index contributed by atoms with van der Waals surface area (Å²) in [5.74, 6) is 0.876. The summed E-state index contributed by atoms with van der Waals surface area (Å²) < 4.78 is 22.5. The van der Waals surface area contributed by atoms with Gasteiger partial charge in [0, 0.05) is 26.8 Å². The van der Waals surface area contributed by atoms with Gasteiger partial charge in [0.15, 0.2) is 0 Å². The molecule has 8 nitrogen and oxygen atoms in total.